The molecule has 1 heterocycles. The third-order valence-corrected chi connectivity index (χ3v) is 3.65. The summed E-state index contributed by atoms with van der Waals surface area (Å²) in [5.74, 6) is 0.245. The topological polar surface area (TPSA) is 58.6 Å². The molecule has 0 aromatic heterocycles. The molecule has 0 radical (unpaired) electrons. The fourth-order valence-corrected chi connectivity index (χ4v) is 2.29. The SMILES string of the molecule is CC1CCOC1C(=O)NC1(CO)CCC1. The van der Waals surface area contributed by atoms with Gasteiger partial charge in [0, 0.05) is 6.61 Å². The summed E-state index contributed by atoms with van der Waals surface area (Å²) in [5, 5.41) is 12.2. The summed E-state index contributed by atoms with van der Waals surface area (Å²) in [6.45, 7) is 2.74. The van der Waals surface area contributed by atoms with Crippen molar-refractivity contribution in [3.05, 3.63) is 0 Å². The van der Waals surface area contributed by atoms with E-state index in [0.717, 1.165) is 25.7 Å². The zero-order valence-corrected chi connectivity index (χ0v) is 9.16. The van der Waals surface area contributed by atoms with Gasteiger partial charge in [0.05, 0.1) is 12.1 Å². The second-order valence-electron chi connectivity index (χ2n) is 4.84. The molecular weight excluding hydrogens is 194 g/mol. The number of nitrogens with one attached hydrogen (secondary N) is 1. The molecule has 4 heteroatoms. The molecule has 15 heavy (non-hydrogen) atoms. The van der Waals surface area contributed by atoms with Crippen LogP contribution in [0.4, 0.5) is 0 Å². The Balaban J connectivity index is 1.91. The zero-order valence-electron chi connectivity index (χ0n) is 9.16. The van der Waals surface area contributed by atoms with Crippen LogP contribution < -0.4 is 5.32 Å². The van der Waals surface area contributed by atoms with Crippen LogP contribution in [0.25, 0.3) is 0 Å². The van der Waals surface area contributed by atoms with Gasteiger partial charge in [0.2, 0.25) is 5.91 Å². The molecule has 1 aliphatic heterocycles. The van der Waals surface area contributed by atoms with Gasteiger partial charge in [-0.3, -0.25) is 4.79 Å². The number of carbonyl (C=O) groups excluding carboxylic acids is 1. The first kappa shape index (κ1) is 10.9. The first-order valence-corrected chi connectivity index (χ1v) is 5.71. The van der Waals surface area contributed by atoms with Crippen LogP contribution in [0, 0.1) is 5.92 Å². The van der Waals surface area contributed by atoms with Crippen LogP contribution in [0.1, 0.15) is 32.6 Å². The Bertz CT molecular complexity index is 245. The van der Waals surface area contributed by atoms with Gasteiger partial charge < -0.3 is 15.2 Å². The Morgan fingerprint density at radius 1 is 1.60 bits per heavy atom. The fourth-order valence-electron chi connectivity index (χ4n) is 2.29. The molecule has 0 bridgehead atoms. The van der Waals surface area contributed by atoms with Crippen LogP contribution in [0.2, 0.25) is 0 Å². The molecule has 2 unspecified atom stereocenters. The molecule has 0 aromatic carbocycles. The van der Waals surface area contributed by atoms with E-state index in [1.165, 1.54) is 0 Å². The predicted molar refractivity (Wildman–Crippen MR) is 55.3 cm³/mol. The Hall–Kier alpha value is -0.610. The molecular formula is C11H19NO3. The Labute approximate surface area is 90.0 Å². The number of aliphatic hydroxyl groups excluding tert-OH is 1. The third kappa shape index (κ3) is 2.01. The summed E-state index contributed by atoms with van der Waals surface area (Å²) in [7, 11) is 0. The molecule has 2 N–H and O–H groups in total. The van der Waals surface area contributed by atoms with E-state index in [0.29, 0.717) is 12.5 Å². The van der Waals surface area contributed by atoms with Gasteiger partial charge in [0.25, 0.3) is 0 Å². The molecule has 0 spiro atoms. The number of amides is 1. The van der Waals surface area contributed by atoms with E-state index in [9.17, 15) is 9.90 Å². The van der Waals surface area contributed by atoms with Crippen LogP contribution in [0.3, 0.4) is 0 Å². The minimum absolute atomic E-state index is 0.0415. The highest BCUT2D eigenvalue weighted by Gasteiger charge is 2.41. The monoisotopic (exact) mass is 213 g/mol. The lowest BCUT2D eigenvalue weighted by molar-refractivity contribution is -0.135. The summed E-state index contributed by atoms with van der Waals surface area (Å²) in [6.07, 6.45) is 3.49. The van der Waals surface area contributed by atoms with Crippen molar-refractivity contribution in [1.82, 2.24) is 5.32 Å². The lowest BCUT2D eigenvalue weighted by atomic mass is 9.77. The number of rotatable bonds is 3. The summed E-state index contributed by atoms with van der Waals surface area (Å²) < 4.78 is 5.39. The first-order valence-electron chi connectivity index (χ1n) is 5.71. The molecule has 2 fully saturated rings. The average Bonchev–Trinajstić information content (AvgIpc) is 2.58. The molecule has 2 rings (SSSR count). The second kappa shape index (κ2) is 4.10. The van der Waals surface area contributed by atoms with E-state index in [2.05, 4.69) is 5.32 Å². The maximum absolute atomic E-state index is 11.9. The summed E-state index contributed by atoms with van der Waals surface area (Å²) in [6, 6.07) is 0. The maximum Gasteiger partial charge on any atom is 0.249 e. The lowest BCUT2D eigenvalue weighted by Crippen LogP contribution is -2.58. The normalized spacial score (nSPS) is 33.5. The van der Waals surface area contributed by atoms with E-state index >= 15 is 0 Å². The van der Waals surface area contributed by atoms with Gasteiger partial charge in [-0.1, -0.05) is 6.92 Å². The summed E-state index contributed by atoms with van der Waals surface area (Å²) in [5.41, 5.74) is -0.344. The smallest absolute Gasteiger partial charge is 0.249 e. The van der Waals surface area contributed by atoms with Gasteiger partial charge in [0.15, 0.2) is 0 Å². The third-order valence-electron chi connectivity index (χ3n) is 3.65. The van der Waals surface area contributed by atoms with Crippen LogP contribution in [-0.2, 0) is 9.53 Å². The van der Waals surface area contributed by atoms with Crippen LogP contribution in [-0.4, -0.2) is 35.9 Å². The van der Waals surface area contributed by atoms with Crippen LogP contribution in [0.15, 0.2) is 0 Å². The number of ether oxygens (including phenoxy) is 1. The van der Waals surface area contributed by atoms with Crippen molar-refractivity contribution < 1.29 is 14.6 Å². The Morgan fingerprint density at radius 2 is 2.33 bits per heavy atom. The van der Waals surface area contributed by atoms with Gasteiger partial charge in [-0.2, -0.15) is 0 Å². The first-order chi connectivity index (χ1) is 7.17. The Morgan fingerprint density at radius 3 is 2.73 bits per heavy atom. The molecule has 1 saturated heterocycles. The van der Waals surface area contributed by atoms with Gasteiger partial charge in [-0.25, -0.2) is 0 Å². The Kier molecular flexibility index (Phi) is 2.98. The minimum Gasteiger partial charge on any atom is -0.394 e. The van der Waals surface area contributed by atoms with Crippen molar-refractivity contribution in [3.8, 4) is 0 Å². The van der Waals surface area contributed by atoms with Crippen LogP contribution in [0.5, 0.6) is 0 Å². The molecule has 1 amide bonds. The number of hydrogen-bond acceptors (Lipinski definition) is 3. The number of carbonyl (C=O) groups is 1. The predicted octanol–water partition coefficient (Wildman–Crippen LogP) is 0.443. The number of hydrogen-bond donors (Lipinski definition) is 2. The maximum atomic E-state index is 11.9. The highest BCUT2D eigenvalue weighted by Crippen LogP contribution is 2.32. The standard InChI is InChI=1S/C11H19NO3/c1-8-3-6-15-9(8)10(14)12-11(7-13)4-2-5-11/h8-9,13H,2-7H2,1H3,(H,12,14). The molecule has 86 valence electrons. The molecule has 1 saturated carbocycles. The minimum atomic E-state index is -0.344. The van der Waals surface area contributed by atoms with E-state index in [1.807, 2.05) is 6.92 Å². The van der Waals surface area contributed by atoms with E-state index in [-0.39, 0.29) is 24.2 Å². The van der Waals surface area contributed by atoms with Crippen molar-refractivity contribution in [3.63, 3.8) is 0 Å². The fraction of sp³-hybridized carbons (Fsp3) is 0.909. The quantitative estimate of drug-likeness (QED) is 0.715. The number of aliphatic hydroxyl groups is 1. The average molecular weight is 213 g/mol. The van der Waals surface area contributed by atoms with Crippen molar-refractivity contribution >= 4 is 5.91 Å². The largest absolute Gasteiger partial charge is 0.394 e. The summed E-state index contributed by atoms with van der Waals surface area (Å²) >= 11 is 0. The van der Waals surface area contributed by atoms with Crippen molar-refractivity contribution in [2.24, 2.45) is 5.92 Å². The highest BCUT2D eigenvalue weighted by atomic mass is 16.5. The van der Waals surface area contributed by atoms with Gasteiger partial charge in [-0.15, -0.1) is 0 Å². The molecule has 4 nitrogen and oxygen atoms in total. The van der Waals surface area contributed by atoms with Gasteiger partial charge >= 0.3 is 0 Å². The molecule has 2 atom stereocenters. The molecule has 2 aliphatic rings. The van der Waals surface area contributed by atoms with Gasteiger partial charge in [-0.05, 0) is 31.6 Å². The van der Waals surface area contributed by atoms with E-state index in [1.54, 1.807) is 0 Å². The lowest BCUT2D eigenvalue weighted by Gasteiger charge is -2.41. The van der Waals surface area contributed by atoms with Crippen molar-refractivity contribution in [2.45, 2.75) is 44.2 Å². The second-order valence-corrected chi connectivity index (χ2v) is 4.84. The highest BCUT2D eigenvalue weighted by molar-refractivity contribution is 5.82. The van der Waals surface area contributed by atoms with E-state index in [4.69, 9.17) is 4.74 Å². The molecule has 1 aliphatic carbocycles. The van der Waals surface area contributed by atoms with Crippen molar-refractivity contribution in [2.75, 3.05) is 13.2 Å². The molecule has 0 aromatic rings. The van der Waals surface area contributed by atoms with Gasteiger partial charge in [0.1, 0.15) is 6.10 Å². The van der Waals surface area contributed by atoms with Crippen LogP contribution >= 0.6 is 0 Å². The van der Waals surface area contributed by atoms with Crippen molar-refractivity contribution in [1.29, 1.82) is 0 Å². The zero-order chi connectivity index (χ0) is 10.9. The summed E-state index contributed by atoms with van der Waals surface area (Å²) in [4.78, 5) is 11.9. The van der Waals surface area contributed by atoms with E-state index < -0.39 is 0 Å².